The minimum Gasteiger partial charge on any atom is -0.497 e. The fourth-order valence-electron chi connectivity index (χ4n) is 1.61. The molecular formula is C13H13NO3S. The first-order chi connectivity index (χ1) is 8.69. The third-order valence-electron chi connectivity index (χ3n) is 2.58. The maximum Gasteiger partial charge on any atom is 0.169 e. The molecule has 94 valence electrons. The smallest absolute Gasteiger partial charge is 0.169 e. The number of rotatable bonds is 4. The van der Waals surface area contributed by atoms with Crippen LogP contribution in [0.15, 0.2) is 18.2 Å². The Morgan fingerprint density at radius 1 is 1.28 bits per heavy atom. The number of ether oxygens (including phenoxy) is 2. The molecule has 5 heteroatoms. The van der Waals surface area contributed by atoms with E-state index < -0.39 is 0 Å². The summed E-state index contributed by atoms with van der Waals surface area (Å²) in [6, 6.07) is 5.52. The Morgan fingerprint density at radius 2 is 2.06 bits per heavy atom. The van der Waals surface area contributed by atoms with Gasteiger partial charge < -0.3 is 9.47 Å². The van der Waals surface area contributed by atoms with Crippen molar-refractivity contribution in [1.29, 1.82) is 0 Å². The van der Waals surface area contributed by atoms with Gasteiger partial charge in [-0.1, -0.05) is 0 Å². The Bertz CT molecular complexity index is 578. The van der Waals surface area contributed by atoms with E-state index in [4.69, 9.17) is 9.47 Å². The van der Waals surface area contributed by atoms with Crippen LogP contribution in [-0.2, 0) is 0 Å². The average molecular weight is 263 g/mol. The molecule has 0 spiro atoms. The van der Waals surface area contributed by atoms with E-state index in [-0.39, 0.29) is 0 Å². The van der Waals surface area contributed by atoms with Crippen molar-refractivity contribution in [1.82, 2.24) is 4.98 Å². The van der Waals surface area contributed by atoms with Gasteiger partial charge in [0, 0.05) is 10.9 Å². The van der Waals surface area contributed by atoms with Crippen molar-refractivity contribution in [3.8, 4) is 22.1 Å². The fourth-order valence-corrected chi connectivity index (χ4v) is 2.52. The van der Waals surface area contributed by atoms with Crippen molar-refractivity contribution in [3.63, 3.8) is 0 Å². The van der Waals surface area contributed by atoms with Crippen molar-refractivity contribution in [3.05, 3.63) is 28.8 Å². The largest absolute Gasteiger partial charge is 0.497 e. The summed E-state index contributed by atoms with van der Waals surface area (Å²) in [5.74, 6) is 1.40. The summed E-state index contributed by atoms with van der Waals surface area (Å²) < 4.78 is 10.5. The average Bonchev–Trinajstić information content (AvgIpc) is 2.79. The van der Waals surface area contributed by atoms with Crippen molar-refractivity contribution < 1.29 is 14.3 Å². The molecule has 1 aromatic carbocycles. The maximum atomic E-state index is 10.8. The highest BCUT2D eigenvalue weighted by Gasteiger charge is 2.13. The Hall–Kier alpha value is -1.88. The van der Waals surface area contributed by atoms with Crippen LogP contribution in [0.4, 0.5) is 0 Å². The fraction of sp³-hybridized carbons (Fsp3) is 0.231. The molecule has 0 bridgehead atoms. The van der Waals surface area contributed by atoms with Gasteiger partial charge in [-0.2, -0.15) is 0 Å². The molecule has 0 radical (unpaired) electrons. The topological polar surface area (TPSA) is 48.4 Å². The van der Waals surface area contributed by atoms with Crippen LogP contribution < -0.4 is 9.47 Å². The zero-order valence-electron chi connectivity index (χ0n) is 10.4. The number of nitrogens with zero attached hydrogens (tertiary/aromatic N) is 1. The van der Waals surface area contributed by atoms with Gasteiger partial charge in [0.25, 0.3) is 0 Å². The molecule has 0 aliphatic rings. The van der Waals surface area contributed by atoms with Crippen LogP contribution in [0.2, 0.25) is 0 Å². The Kier molecular flexibility index (Phi) is 3.62. The zero-order valence-corrected chi connectivity index (χ0v) is 11.2. The number of thiazole rings is 1. The molecule has 0 atom stereocenters. The molecule has 0 saturated heterocycles. The number of carbonyl (C=O) groups excluding carboxylic acids is 1. The summed E-state index contributed by atoms with van der Waals surface area (Å²) in [7, 11) is 3.20. The van der Waals surface area contributed by atoms with E-state index in [0.29, 0.717) is 11.4 Å². The lowest BCUT2D eigenvalue weighted by Crippen LogP contribution is -1.90. The molecule has 2 aromatic rings. The van der Waals surface area contributed by atoms with Gasteiger partial charge in [0.2, 0.25) is 0 Å². The Labute approximate surface area is 109 Å². The van der Waals surface area contributed by atoms with Crippen LogP contribution in [0.5, 0.6) is 11.5 Å². The van der Waals surface area contributed by atoms with Crippen molar-refractivity contribution in [2.24, 2.45) is 0 Å². The van der Waals surface area contributed by atoms with Gasteiger partial charge in [0.05, 0.1) is 19.8 Å². The molecular weight excluding hydrogens is 250 g/mol. The molecule has 0 saturated carbocycles. The van der Waals surface area contributed by atoms with Crippen molar-refractivity contribution in [2.45, 2.75) is 6.92 Å². The normalized spacial score (nSPS) is 10.2. The van der Waals surface area contributed by atoms with Gasteiger partial charge in [0.1, 0.15) is 22.2 Å². The minimum absolute atomic E-state index is 0.480. The van der Waals surface area contributed by atoms with E-state index in [1.165, 1.54) is 11.3 Å². The predicted molar refractivity (Wildman–Crippen MR) is 70.8 cm³/mol. The van der Waals surface area contributed by atoms with E-state index in [0.717, 1.165) is 27.5 Å². The molecule has 0 unspecified atom stereocenters. The molecule has 0 aliphatic carbocycles. The number of carbonyl (C=O) groups is 1. The summed E-state index contributed by atoms with van der Waals surface area (Å²) in [4.78, 5) is 16.0. The maximum absolute atomic E-state index is 10.8. The summed E-state index contributed by atoms with van der Waals surface area (Å²) in [6.45, 7) is 1.88. The number of aryl methyl sites for hydroxylation is 1. The van der Waals surface area contributed by atoms with Gasteiger partial charge in [-0.3, -0.25) is 4.79 Å². The molecule has 18 heavy (non-hydrogen) atoms. The second-order valence-electron chi connectivity index (χ2n) is 3.64. The number of benzene rings is 1. The lowest BCUT2D eigenvalue weighted by Gasteiger charge is -2.08. The van der Waals surface area contributed by atoms with Crippen LogP contribution in [0, 0.1) is 6.92 Å². The first kappa shape index (κ1) is 12.6. The first-order valence-electron chi connectivity index (χ1n) is 5.34. The summed E-state index contributed by atoms with van der Waals surface area (Å²) in [5, 5.41) is 0.772. The number of aldehydes is 1. The molecule has 2 rings (SSSR count). The molecule has 0 amide bonds. The van der Waals surface area contributed by atoms with Crippen LogP contribution in [0.25, 0.3) is 10.6 Å². The van der Waals surface area contributed by atoms with Crippen molar-refractivity contribution in [2.75, 3.05) is 14.2 Å². The van der Waals surface area contributed by atoms with Crippen LogP contribution in [0.1, 0.15) is 15.4 Å². The summed E-state index contributed by atoms with van der Waals surface area (Å²) in [5.41, 5.74) is 1.34. The van der Waals surface area contributed by atoms with Crippen LogP contribution >= 0.6 is 11.3 Å². The molecule has 4 nitrogen and oxygen atoms in total. The van der Waals surface area contributed by atoms with Gasteiger partial charge in [-0.25, -0.2) is 4.98 Å². The zero-order chi connectivity index (χ0) is 13.1. The highest BCUT2D eigenvalue weighted by molar-refractivity contribution is 7.15. The standard InChI is InChI=1S/C13H13NO3S/c1-8-11(7-15)14-13(18-8)10-5-4-9(16-2)6-12(10)17-3/h4-7H,1-3H3. The SMILES string of the molecule is COc1ccc(-c2nc(C=O)c(C)s2)c(OC)c1. The summed E-state index contributed by atoms with van der Waals surface area (Å²) >= 11 is 1.47. The van der Waals surface area contributed by atoms with Gasteiger partial charge in [-0.15, -0.1) is 11.3 Å². The first-order valence-corrected chi connectivity index (χ1v) is 6.16. The molecule has 1 aromatic heterocycles. The second-order valence-corrected chi connectivity index (χ2v) is 4.85. The van der Waals surface area contributed by atoms with Gasteiger partial charge in [0.15, 0.2) is 6.29 Å². The molecule has 0 fully saturated rings. The Morgan fingerprint density at radius 3 is 2.61 bits per heavy atom. The minimum atomic E-state index is 0.480. The monoisotopic (exact) mass is 263 g/mol. The van der Waals surface area contributed by atoms with E-state index in [1.807, 2.05) is 19.1 Å². The molecule has 1 heterocycles. The van der Waals surface area contributed by atoms with E-state index in [9.17, 15) is 4.79 Å². The van der Waals surface area contributed by atoms with Crippen LogP contribution in [-0.4, -0.2) is 25.5 Å². The quantitative estimate of drug-likeness (QED) is 0.796. The highest BCUT2D eigenvalue weighted by atomic mass is 32.1. The molecule has 0 N–H and O–H groups in total. The second kappa shape index (κ2) is 5.18. The van der Waals surface area contributed by atoms with Gasteiger partial charge in [-0.05, 0) is 19.1 Å². The van der Waals surface area contributed by atoms with E-state index in [2.05, 4.69) is 4.98 Å². The van der Waals surface area contributed by atoms with Crippen molar-refractivity contribution >= 4 is 17.6 Å². The van der Waals surface area contributed by atoms with Gasteiger partial charge >= 0.3 is 0 Å². The number of hydrogen-bond donors (Lipinski definition) is 0. The highest BCUT2D eigenvalue weighted by Crippen LogP contribution is 2.36. The lowest BCUT2D eigenvalue weighted by atomic mass is 10.2. The molecule has 0 aliphatic heterocycles. The number of hydrogen-bond acceptors (Lipinski definition) is 5. The number of methoxy groups -OCH3 is 2. The number of aromatic nitrogens is 1. The lowest BCUT2D eigenvalue weighted by molar-refractivity contribution is 0.111. The van der Waals surface area contributed by atoms with E-state index in [1.54, 1.807) is 20.3 Å². The third-order valence-corrected chi connectivity index (χ3v) is 3.60. The third kappa shape index (κ3) is 2.22. The summed E-state index contributed by atoms with van der Waals surface area (Å²) in [6.07, 6.45) is 0.769. The van der Waals surface area contributed by atoms with E-state index >= 15 is 0 Å². The predicted octanol–water partition coefficient (Wildman–Crippen LogP) is 2.95. The Balaban J connectivity index is 2.52. The van der Waals surface area contributed by atoms with Crippen LogP contribution in [0.3, 0.4) is 0 Å².